The van der Waals surface area contributed by atoms with Crippen molar-refractivity contribution in [2.45, 2.75) is 52.3 Å². The second-order valence-corrected chi connectivity index (χ2v) is 7.71. The maximum Gasteiger partial charge on any atom is 0.411 e. The van der Waals surface area contributed by atoms with Gasteiger partial charge in [-0.15, -0.1) is 0 Å². The molecule has 0 saturated heterocycles. The minimum Gasteiger partial charge on any atom is -0.444 e. The van der Waals surface area contributed by atoms with E-state index in [0.29, 0.717) is 6.54 Å². The normalized spacial score (nSPS) is 18.5. The van der Waals surface area contributed by atoms with Crippen LogP contribution in [0.15, 0.2) is 60.7 Å². The molecule has 26 heavy (non-hydrogen) atoms. The molecule has 2 aromatic rings. The van der Waals surface area contributed by atoms with E-state index in [2.05, 4.69) is 36.4 Å². The van der Waals surface area contributed by atoms with Crippen molar-refractivity contribution in [1.29, 1.82) is 0 Å². The third kappa shape index (κ3) is 3.98. The molecule has 3 heteroatoms. The van der Waals surface area contributed by atoms with Crippen molar-refractivity contribution in [2.75, 3.05) is 0 Å². The van der Waals surface area contributed by atoms with Crippen LogP contribution < -0.4 is 0 Å². The average molecular weight is 349 g/mol. The lowest BCUT2D eigenvalue weighted by Crippen LogP contribution is -2.46. The van der Waals surface area contributed by atoms with Gasteiger partial charge >= 0.3 is 6.09 Å². The summed E-state index contributed by atoms with van der Waals surface area (Å²) in [7, 11) is 0. The molecule has 136 valence electrons. The third-order valence-electron chi connectivity index (χ3n) is 4.62. The van der Waals surface area contributed by atoms with Crippen LogP contribution in [-0.4, -0.2) is 22.6 Å². The second-order valence-electron chi connectivity index (χ2n) is 7.71. The molecule has 0 bridgehead atoms. The van der Waals surface area contributed by atoms with Gasteiger partial charge in [0.1, 0.15) is 5.60 Å². The molecule has 1 amide bonds. The summed E-state index contributed by atoms with van der Waals surface area (Å²) in [5, 5.41) is 0. The Morgan fingerprint density at radius 3 is 2.42 bits per heavy atom. The minimum absolute atomic E-state index is 0.0350. The molecule has 3 nitrogen and oxygen atoms in total. The Balaban J connectivity index is 2.00. The van der Waals surface area contributed by atoms with Crippen LogP contribution in [0.2, 0.25) is 0 Å². The first-order valence-corrected chi connectivity index (χ1v) is 9.17. The molecule has 0 aromatic heterocycles. The highest BCUT2D eigenvalue weighted by molar-refractivity contribution is 5.80. The maximum atomic E-state index is 13.0. The van der Waals surface area contributed by atoms with E-state index in [0.717, 1.165) is 12.0 Å². The Morgan fingerprint density at radius 1 is 1.12 bits per heavy atom. The van der Waals surface area contributed by atoms with Crippen molar-refractivity contribution < 1.29 is 9.53 Å². The van der Waals surface area contributed by atoms with Crippen LogP contribution in [0.4, 0.5) is 4.79 Å². The van der Waals surface area contributed by atoms with E-state index < -0.39 is 5.60 Å². The molecule has 0 unspecified atom stereocenters. The van der Waals surface area contributed by atoms with Gasteiger partial charge in [0.15, 0.2) is 0 Å². The van der Waals surface area contributed by atoms with Gasteiger partial charge in [-0.3, -0.25) is 4.90 Å². The van der Waals surface area contributed by atoms with Gasteiger partial charge in [0, 0.05) is 0 Å². The first kappa shape index (κ1) is 18.2. The Labute approximate surface area is 156 Å². The van der Waals surface area contributed by atoms with Crippen LogP contribution in [0.5, 0.6) is 0 Å². The van der Waals surface area contributed by atoms with E-state index in [4.69, 9.17) is 4.74 Å². The summed E-state index contributed by atoms with van der Waals surface area (Å²) in [4.78, 5) is 14.8. The summed E-state index contributed by atoms with van der Waals surface area (Å²) in [5.41, 5.74) is 4.28. The fourth-order valence-corrected chi connectivity index (χ4v) is 3.50. The van der Waals surface area contributed by atoms with Crippen LogP contribution in [0.3, 0.4) is 0 Å². The lowest BCUT2D eigenvalue weighted by Gasteiger charge is -2.39. The van der Waals surface area contributed by atoms with Gasteiger partial charge in [0.2, 0.25) is 0 Å². The Hall–Kier alpha value is -2.55. The lowest BCUT2D eigenvalue weighted by molar-refractivity contribution is 0.0179. The van der Waals surface area contributed by atoms with Gasteiger partial charge in [-0.05, 0) is 56.4 Å². The molecule has 0 N–H and O–H groups in total. The number of hydrogen-bond acceptors (Lipinski definition) is 2. The van der Waals surface area contributed by atoms with Gasteiger partial charge < -0.3 is 4.74 Å². The molecule has 0 spiro atoms. The Bertz CT molecular complexity index is 802. The van der Waals surface area contributed by atoms with Crippen molar-refractivity contribution in [3.05, 3.63) is 77.4 Å². The maximum absolute atomic E-state index is 13.0. The molecular formula is C23H27NO2. The third-order valence-corrected chi connectivity index (χ3v) is 4.62. The van der Waals surface area contributed by atoms with Crippen LogP contribution in [0.1, 0.15) is 44.4 Å². The van der Waals surface area contributed by atoms with Crippen molar-refractivity contribution in [3.63, 3.8) is 0 Å². The quantitative estimate of drug-likeness (QED) is 0.721. The van der Waals surface area contributed by atoms with Crippen molar-refractivity contribution >= 4 is 11.7 Å². The smallest absolute Gasteiger partial charge is 0.411 e. The number of carbonyl (C=O) groups excluding carboxylic acids is 1. The summed E-state index contributed by atoms with van der Waals surface area (Å²) in [6, 6.07) is 18.6. The molecule has 1 aliphatic rings. The van der Waals surface area contributed by atoms with E-state index in [9.17, 15) is 4.79 Å². The molecule has 3 rings (SSSR count). The van der Waals surface area contributed by atoms with E-state index in [1.165, 1.54) is 16.7 Å². The predicted molar refractivity (Wildman–Crippen MR) is 106 cm³/mol. The molecule has 0 saturated carbocycles. The molecular weight excluding hydrogens is 322 g/mol. The van der Waals surface area contributed by atoms with Crippen LogP contribution in [0, 0.1) is 0 Å². The summed E-state index contributed by atoms with van der Waals surface area (Å²) in [5.74, 6) is 0. The number of rotatable bonds is 2. The number of nitrogens with zero attached hydrogens (tertiary/aromatic N) is 1. The monoisotopic (exact) mass is 349 g/mol. The van der Waals surface area contributed by atoms with Gasteiger partial charge in [-0.1, -0.05) is 60.7 Å². The average Bonchev–Trinajstić information content (AvgIpc) is 2.60. The number of benzene rings is 2. The zero-order valence-corrected chi connectivity index (χ0v) is 16.0. The fourth-order valence-electron chi connectivity index (χ4n) is 3.50. The number of allylic oxidation sites excluding steroid dienone is 1. The van der Waals surface area contributed by atoms with Crippen LogP contribution in [-0.2, 0) is 17.7 Å². The largest absolute Gasteiger partial charge is 0.444 e. The molecule has 0 fully saturated rings. The summed E-state index contributed by atoms with van der Waals surface area (Å²) >= 11 is 0. The van der Waals surface area contributed by atoms with Crippen molar-refractivity contribution in [1.82, 2.24) is 4.90 Å². The SMILES string of the molecule is C/C=C1\c2ccccc2CN(C(=O)OC(C)(C)C)[C@H]1Cc1ccccc1. The first-order valence-electron chi connectivity index (χ1n) is 9.17. The number of carbonyl (C=O) groups is 1. The number of hydrogen-bond donors (Lipinski definition) is 0. The van der Waals surface area contributed by atoms with Crippen LogP contribution >= 0.6 is 0 Å². The first-order chi connectivity index (χ1) is 12.4. The number of amides is 1. The van der Waals surface area contributed by atoms with E-state index in [1.54, 1.807) is 0 Å². The summed E-state index contributed by atoms with van der Waals surface area (Å²) in [6.07, 6.45) is 2.64. The zero-order chi connectivity index (χ0) is 18.7. The van der Waals surface area contributed by atoms with E-state index in [-0.39, 0.29) is 12.1 Å². The molecule has 1 atom stereocenters. The van der Waals surface area contributed by atoms with Gasteiger partial charge in [-0.25, -0.2) is 4.79 Å². The highest BCUT2D eigenvalue weighted by atomic mass is 16.6. The van der Waals surface area contributed by atoms with Crippen molar-refractivity contribution in [3.8, 4) is 0 Å². The molecule has 1 heterocycles. The van der Waals surface area contributed by atoms with Crippen LogP contribution in [0.25, 0.3) is 5.57 Å². The Morgan fingerprint density at radius 2 is 1.77 bits per heavy atom. The van der Waals surface area contributed by atoms with Gasteiger partial charge in [-0.2, -0.15) is 0 Å². The van der Waals surface area contributed by atoms with E-state index in [1.807, 2.05) is 56.9 Å². The zero-order valence-electron chi connectivity index (χ0n) is 16.0. The highest BCUT2D eigenvalue weighted by Gasteiger charge is 2.35. The summed E-state index contributed by atoms with van der Waals surface area (Å²) in [6.45, 7) is 8.34. The van der Waals surface area contributed by atoms with E-state index >= 15 is 0 Å². The van der Waals surface area contributed by atoms with Crippen molar-refractivity contribution in [2.24, 2.45) is 0 Å². The minimum atomic E-state index is -0.512. The summed E-state index contributed by atoms with van der Waals surface area (Å²) < 4.78 is 5.71. The Kier molecular flexibility index (Phi) is 5.17. The van der Waals surface area contributed by atoms with Gasteiger partial charge in [0.05, 0.1) is 12.6 Å². The topological polar surface area (TPSA) is 29.5 Å². The number of fused-ring (bicyclic) bond motifs is 1. The molecule has 0 aliphatic carbocycles. The molecule has 0 radical (unpaired) electrons. The highest BCUT2D eigenvalue weighted by Crippen LogP contribution is 2.35. The fraction of sp³-hybridized carbons (Fsp3) is 0.348. The molecule has 1 aliphatic heterocycles. The number of ether oxygens (including phenoxy) is 1. The second kappa shape index (κ2) is 7.36. The van der Waals surface area contributed by atoms with Gasteiger partial charge in [0.25, 0.3) is 0 Å². The standard InChI is InChI=1S/C23H27NO2/c1-5-19-20-14-10-9-13-18(20)16-24(22(25)26-23(2,3)4)21(19)15-17-11-7-6-8-12-17/h5-14,21H,15-16H2,1-4H3/b19-5+/t21-/m0/s1. The predicted octanol–water partition coefficient (Wildman–Crippen LogP) is 5.45. The lowest BCUT2D eigenvalue weighted by atomic mass is 9.85. The molecule has 2 aromatic carbocycles.